The van der Waals surface area contributed by atoms with E-state index in [1.54, 1.807) is 0 Å². The molecule has 1 aromatic rings. The molecule has 112 valence electrons. The summed E-state index contributed by atoms with van der Waals surface area (Å²) in [6.07, 6.45) is 2.83. The molecule has 0 spiro atoms. The molecular weight excluding hydrogens is 283 g/mol. The lowest BCUT2D eigenvalue weighted by Gasteiger charge is -2.34. The van der Waals surface area contributed by atoms with Gasteiger partial charge in [0, 0.05) is 19.2 Å². The lowest BCUT2D eigenvalue weighted by molar-refractivity contribution is 0.192. The van der Waals surface area contributed by atoms with E-state index in [0.717, 1.165) is 25.3 Å². The molecule has 0 saturated carbocycles. The smallest absolute Gasteiger partial charge is 0.243 e. The second kappa shape index (κ2) is 6.07. The molecule has 1 saturated heterocycles. The molecular formula is C13H19FN2O3S. The number of nitrogen functional groups attached to an aromatic ring is 1. The van der Waals surface area contributed by atoms with Crippen LogP contribution in [0.1, 0.15) is 25.7 Å². The van der Waals surface area contributed by atoms with Crippen LogP contribution in [0.5, 0.6) is 0 Å². The van der Waals surface area contributed by atoms with Crippen LogP contribution < -0.4 is 5.73 Å². The van der Waals surface area contributed by atoms with E-state index in [2.05, 4.69) is 0 Å². The summed E-state index contributed by atoms with van der Waals surface area (Å²) >= 11 is 0. The summed E-state index contributed by atoms with van der Waals surface area (Å²) in [6, 6.07) is 3.31. The summed E-state index contributed by atoms with van der Waals surface area (Å²) in [6.45, 7) is 0.339. The quantitative estimate of drug-likeness (QED) is 0.822. The van der Waals surface area contributed by atoms with Gasteiger partial charge in [-0.3, -0.25) is 0 Å². The zero-order chi connectivity index (χ0) is 14.8. The van der Waals surface area contributed by atoms with E-state index in [-0.39, 0.29) is 23.2 Å². The monoisotopic (exact) mass is 302 g/mol. The van der Waals surface area contributed by atoms with Crippen molar-refractivity contribution in [2.75, 3.05) is 18.9 Å². The number of rotatable bonds is 4. The van der Waals surface area contributed by atoms with Gasteiger partial charge in [0.15, 0.2) is 0 Å². The number of aliphatic hydroxyl groups is 1. The number of aliphatic hydroxyl groups excluding tert-OH is 1. The molecule has 0 aliphatic carbocycles. The van der Waals surface area contributed by atoms with Crippen LogP contribution in [-0.2, 0) is 10.0 Å². The van der Waals surface area contributed by atoms with Crippen molar-refractivity contribution < 1.29 is 17.9 Å². The highest BCUT2D eigenvalue weighted by Crippen LogP contribution is 2.28. The maximum absolute atomic E-state index is 13.5. The number of piperidine rings is 1. The fraction of sp³-hybridized carbons (Fsp3) is 0.538. The first kappa shape index (κ1) is 15.2. The standard InChI is InChI=1S/C13H19FN2O3S/c14-12-9-11(4-5-13(12)15)20(18,19)16-7-2-1-3-10(16)6-8-17/h4-5,9-10,17H,1-3,6-8,15H2. The van der Waals surface area contributed by atoms with Gasteiger partial charge in [-0.2, -0.15) is 4.31 Å². The van der Waals surface area contributed by atoms with Gasteiger partial charge in [-0.25, -0.2) is 12.8 Å². The van der Waals surface area contributed by atoms with Crippen molar-refractivity contribution in [3.05, 3.63) is 24.0 Å². The van der Waals surface area contributed by atoms with Crippen molar-refractivity contribution in [3.8, 4) is 0 Å². The maximum atomic E-state index is 13.5. The van der Waals surface area contributed by atoms with Crippen LogP contribution in [0.4, 0.5) is 10.1 Å². The minimum atomic E-state index is -3.75. The Morgan fingerprint density at radius 1 is 1.40 bits per heavy atom. The summed E-state index contributed by atoms with van der Waals surface area (Å²) in [5.74, 6) is -0.734. The zero-order valence-electron chi connectivity index (χ0n) is 11.1. The molecule has 0 radical (unpaired) electrons. The highest BCUT2D eigenvalue weighted by atomic mass is 32.2. The van der Waals surface area contributed by atoms with E-state index in [1.165, 1.54) is 16.4 Å². The van der Waals surface area contributed by atoms with Gasteiger partial charge >= 0.3 is 0 Å². The van der Waals surface area contributed by atoms with Crippen LogP contribution in [0.15, 0.2) is 23.1 Å². The third-order valence-corrected chi connectivity index (χ3v) is 5.56. The molecule has 1 atom stereocenters. The molecule has 0 bridgehead atoms. The SMILES string of the molecule is Nc1ccc(S(=O)(=O)N2CCCCC2CCO)cc1F. The van der Waals surface area contributed by atoms with Gasteiger partial charge in [0.05, 0.1) is 10.6 Å². The van der Waals surface area contributed by atoms with Crippen LogP contribution in [-0.4, -0.2) is 37.0 Å². The summed E-state index contributed by atoms with van der Waals surface area (Å²) < 4.78 is 40.0. The molecule has 1 aromatic carbocycles. The fourth-order valence-electron chi connectivity index (χ4n) is 2.53. The van der Waals surface area contributed by atoms with E-state index in [9.17, 15) is 12.8 Å². The van der Waals surface area contributed by atoms with Crippen molar-refractivity contribution in [2.45, 2.75) is 36.6 Å². The van der Waals surface area contributed by atoms with Gasteiger partial charge in [0.25, 0.3) is 0 Å². The van der Waals surface area contributed by atoms with Crippen LogP contribution in [0.3, 0.4) is 0 Å². The van der Waals surface area contributed by atoms with Crippen molar-refractivity contribution in [3.63, 3.8) is 0 Å². The van der Waals surface area contributed by atoms with Crippen LogP contribution >= 0.6 is 0 Å². The van der Waals surface area contributed by atoms with Gasteiger partial charge in [0.2, 0.25) is 10.0 Å². The minimum absolute atomic E-state index is 0.0627. The van der Waals surface area contributed by atoms with Gasteiger partial charge in [-0.05, 0) is 37.5 Å². The Balaban J connectivity index is 2.34. The fourth-order valence-corrected chi connectivity index (χ4v) is 4.27. The van der Waals surface area contributed by atoms with Gasteiger partial charge < -0.3 is 10.8 Å². The summed E-state index contributed by atoms with van der Waals surface area (Å²) in [5.41, 5.74) is 5.29. The number of hydrogen-bond acceptors (Lipinski definition) is 4. The third kappa shape index (κ3) is 2.94. The topological polar surface area (TPSA) is 83.6 Å². The van der Waals surface area contributed by atoms with E-state index in [0.29, 0.717) is 13.0 Å². The lowest BCUT2D eigenvalue weighted by Crippen LogP contribution is -2.44. The second-order valence-corrected chi connectivity index (χ2v) is 6.85. The molecule has 1 aliphatic heterocycles. The van der Waals surface area contributed by atoms with Crippen LogP contribution in [0.25, 0.3) is 0 Å². The molecule has 1 fully saturated rings. The van der Waals surface area contributed by atoms with Crippen LogP contribution in [0.2, 0.25) is 0 Å². The van der Waals surface area contributed by atoms with Gasteiger partial charge in [-0.1, -0.05) is 6.42 Å². The van der Waals surface area contributed by atoms with Crippen LogP contribution in [0, 0.1) is 5.82 Å². The molecule has 1 heterocycles. The molecule has 1 aliphatic rings. The highest BCUT2D eigenvalue weighted by Gasteiger charge is 2.33. The first-order chi connectivity index (χ1) is 9.46. The van der Waals surface area contributed by atoms with Crippen molar-refractivity contribution in [1.29, 1.82) is 0 Å². The van der Waals surface area contributed by atoms with Gasteiger partial charge in [0.1, 0.15) is 5.82 Å². The summed E-state index contributed by atoms with van der Waals surface area (Å²) in [7, 11) is -3.75. The Hall–Kier alpha value is -1.18. The molecule has 7 heteroatoms. The van der Waals surface area contributed by atoms with E-state index in [1.807, 2.05) is 0 Å². The first-order valence-corrected chi connectivity index (χ1v) is 8.08. The largest absolute Gasteiger partial charge is 0.396 e. The molecule has 0 aromatic heterocycles. The molecule has 0 amide bonds. The zero-order valence-corrected chi connectivity index (χ0v) is 11.9. The number of benzene rings is 1. The average Bonchev–Trinajstić information content (AvgIpc) is 2.42. The molecule has 20 heavy (non-hydrogen) atoms. The highest BCUT2D eigenvalue weighted by molar-refractivity contribution is 7.89. The Labute approximate surface area is 118 Å². The van der Waals surface area contributed by atoms with Crippen molar-refractivity contribution in [1.82, 2.24) is 4.31 Å². The molecule has 1 unspecified atom stereocenters. The Kier molecular flexibility index (Phi) is 4.62. The van der Waals surface area contributed by atoms with E-state index < -0.39 is 15.8 Å². The molecule has 2 rings (SSSR count). The lowest BCUT2D eigenvalue weighted by atomic mass is 10.0. The predicted octanol–water partition coefficient (Wildman–Crippen LogP) is 1.33. The number of halogens is 1. The maximum Gasteiger partial charge on any atom is 0.243 e. The van der Waals surface area contributed by atoms with Gasteiger partial charge in [-0.15, -0.1) is 0 Å². The summed E-state index contributed by atoms with van der Waals surface area (Å²) in [5, 5.41) is 9.06. The third-order valence-electron chi connectivity index (χ3n) is 3.61. The summed E-state index contributed by atoms with van der Waals surface area (Å²) in [4.78, 5) is -0.0889. The number of nitrogens with two attached hydrogens (primary N) is 1. The van der Waals surface area contributed by atoms with E-state index in [4.69, 9.17) is 10.8 Å². The first-order valence-electron chi connectivity index (χ1n) is 6.64. The Morgan fingerprint density at radius 2 is 2.15 bits per heavy atom. The number of anilines is 1. The normalized spacial score (nSPS) is 21.0. The predicted molar refractivity (Wildman–Crippen MR) is 74.0 cm³/mol. The number of hydrogen-bond donors (Lipinski definition) is 2. The van der Waals surface area contributed by atoms with Crippen molar-refractivity contribution >= 4 is 15.7 Å². The number of nitrogens with zero attached hydrogens (tertiary/aromatic N) is 1. The number of sulfonamides is 1. The second-order valence-electron chi connectivity index (χ2n) is 4.96. The molecule has 3 N–H and O–H groups in total. The molecule has 5 nitrogen and oxygen atoms in total. The van der Waals surface area contributed by atoms with Crippen molar-refractivity contribution in [2.24, 2.45) is 0 Å². The Morgan fingerprint density at radius 3 is 2.80 bits per heavy atom. The minimum Gasteiger partial charge on any atom is -0.396 e. The Bertz CT molecular complexity index is 575. The average molecular weight is 302 g/mol. The van der Waals surface area contributed by atoms with E-state index >= 15 is 0 Å².